The summed E-state index contributed by atoms with van der Waals surface area (Å²) >= 11 is 0. The lowest BCUT2D eigenvalue weighted by Gasteiger charge is -2.34. The standard InChI is InChI=1S/C25H31N7O2/c1-16-12-18(13-20(34-5)17(16)2)30-14-22(26-15-30)27-24-28-23(19-8-6-11-32(19)29-24)31-10-7-9-21(31)25(3,4)33/h6,8,11-15,21,33H,7,9-10H2,1-5H3,(H,27,29)/t21-/m0/s1. The number of nitrogens with zero attached hydrogens (tertiary/aromatic N) is 6. The van der Waals surface area contributed by atoms with E-state index in [1.165, 1.54) is 0 Å². The maximum absolute atomic E-state index is 10.7. The molecule has 1 saturated heterocycles. The molecule has 0 aliphatic carbocycles. The lowest BCUT2D eigenvalue weighted by Crippen LogP contribution is -2.46. The van der Waals surface area contributed by atoms with E-state index in [9.17, 15) is 5.11 Å². The molecule has 1 atom stereocenters. The van der Waals surface area contributed by atoms with Crippen molar-refractivity contribution >= 4 is 23.1 Å². The third-order valence-electron chi connectivity index (χ3n) is 6.66. The molecule has 9 nitrogen and oxygen atoms in total. The Morgan fingerprint density at radius 1 is 1.24 bits per heavy atom. The number of benzene rings is 1. The summed E-state index contributed by atoms with van der Waals surface area (Å²) in [5.74, 6) is 2.74. The number of hydrogen-bond donors (Lipinski definition) is 2. The van der Waals surface area contributed by atoms with E-state index in [0.717, 1.165) is 53.3 Å². The van der Waals surface area contributed by atoms with Crippen LogP contribution in [0.3, 0.4) is 0 Å². The second kappa shape index (κ2) is 8.32. The van der Waals surface area contributed by atoms with E-state index in [4.69, 9.17) is 9.72 Å². The first-order valence-electron chi connectivity index (χ1n) is 11.6. The van der Waals surface area contributed by atoms with Crippen LogP contribution in [0, 0.1) is 13.8 Å². The molecule has 0 radical (unpaired) electrons. The minimum atomic E-state index is -0.829. The van der Waals surface area contributed by atoms with Crippen LogP contribution in [0.1, 0.15) is 37.8 Å². The average Bonchev–Trinajstić information content (AvgIpc) is 3.55. The second-order valence-electron chi connectivity index (χ2n) is 9.48. The number of aliphatic hydroxyl groups is 1. The SMILES string of the molecule is COc1cc(-n2cnc(Nc3nc(N4CCC[C@H]4C(C)(C)O)c4cccn4n3)c2)cc(C)c1C. The van der Waals surface area contributed by atoms with Gasteiger partial charge in [0.1, 0.15) is 17.6 Å². The summed E-state index contributed by atoms with van der Waals surface area (Å²) in [5.41, 5.74) is 3.32. The van der Waals surface area contributed by atoms with Crippen LogP contribution in [-0.2, 0) is 0 Å². The number of aryl methyl sites for hydroxylation is 1. The highest BCUT2D eigenvalue weighted by atomic mass is 16.5. The van der Waals surface area contributed by atoms with Gasteiger partial charge in [0, 0.05) is 18.8 Å². The van der Waals surface area contributed by atoms with Gasteiger partial charge in [0.25, 0.3) is 0 Å². The number of ether oxygens (including phenoxy) is 1. The van der Waals surface area contributed by atoms with E-state index < -0.39 is 5.60 Å². The molecule has 1 fully saturated rings. The van der Waals surface area contributed by atoms with Crippen LogP contribution < -0.4 is 15.0 Å². The summed E-state index contributed by atoms with van der Waals surface area (Å²) < 4.78 is 9.28. The van der Waals surface area contributed by atoms with Crippen molar-refractivity contribution in [1.82, 2.24) is 24.1 Å². The van der Waals surface area contributed by atoms with Crippen molar-refractivity contribution in [3.63, 3.8) is 0 Å². The van der Waals surface area contributed by atoms with Gasteiger partial charge in [-0.15, -0.1) is 5.10 Å². The number of aromatic nitrogens is 5. The molecule has 0 spiro atoms. The highest BCUT2D eigenvalue weighted by Crippen LogP contribution is 2.34. The Kier molecular flexibility index (Phi) is 5.44. The maximum atomic E-state index is 10.7. The molecule has 4 heterocycles. The average molecular weight is 462 g/mol. The van der Waals surface area contributed by atoms with Gasteiger partial charge >= 0.3 is 0 Å². The molecule has 5 rings (SSSR count). The molecule has 0 bridgehead atoms. The fraction of sp³-hybridized carbons (Fsp3) is 0.400. The highest BCUT2D eigenvalue weighted by Gasteiger charge is 2.37. The van der Waals surface area contributed by atoms with Crippen molar-refractivity contribution in [3.05, 3.63) is 54.1 Å². The molecule has 2 N–H and O–H groups in total. The quantitative estimate of drug-likeness (QED) is 0.448. The van der Waals surface area contributed by atoms with Crippen LogP contribution in [0.4, 0.5) is 17.6 Å². The number of imidazole rings is 1. The predicted octanol–water partition coefficient (Wildman–Crippen LogP) is 4.02. The first kappa shape index (κ1) is 22.2. The molecule has 4 aromatic rings. The fourth-order valence-corrected chi connectivity index (χ4v) is 4.75. The lowest BCUT2D eigenvalue weighted by molar-refractivity contribution is 0.0533. The smallest absolute Gasteiger partial charge is 0.248 e. The van der Waals surface area contributed by atoms with Crippen molar-refractivity contribution in [2.75, 3.05) is 23.9 Å². The van der Waals surface area contributed by atoms with Crippen molar-refractivity contribution < 1.29 is 9.84 Å². The number of rotatable bonds is 6. The van der Waals surface area contributed by atoms with Crippen LogP contribution in [0.2, 0.25) is 0 Å². The van der Waals surface area contributed by atoms with E-state index in [0.29, 0.717) is 11.8 Å². The van der Waals surface area contributed by atoms with Gasteiger partial charge < -0.3 is 24.6 Å². The van der Waals surface area contributed by atoms with E-state index in [-0.39, 0.29) is 6.04 Å². The molecular formula is C25H31N7O2. The first-order valence-corrected chi connectivity index (χ1v) is 11.6. The zero-order valence-corrected chi connectivity index (χ0v) is 20.3. The van der Waals surface area contributed by atoms with Crippen molar-refractivity contribution in [2.45, 2.75) is 52.2 Å². The normalized spacial score (nSPS) is 16.4. The second-order valence-corrected chi connectivity index (χ2v) is 9.48. The van der Waals surface area contributed by atoms with Crippen LogP contribution in [0.15, 0.2) is 43.0 Å². The van der Waals surface area contributed by atoms with Gasteiger partial charge in [-0.05, 0) is 69.9 Å². The van der Waals surface area contributed by atoms with E-state index in [2.05, 4.69) is 33.3 Å². The summed E-state index contributed by atoms with van der Waals surface area (Å²) in [7, 11) is 1.68. The number of methoxy groups -OCH3 is 1. The van der Waals surface area contributed by atoms with Crippen LogP contribution in [-0.4, -0.2) is 54.6 Å². The molecule has 0 amide bonds. The Labute approximate surface area is 199 Å². The Hall–Kier alpha value is -3.59. The molecule has 178 valence electrons. The Morgan fingerprint density at radius 3 is 2.82 bits per heavy atom. The van der Waals surface area contributed by atoms with Gasteiger partial charge in [0.15, 0.2) is 11.6 Å². The van der Waals surface area contributed by atoms with E-state index in [1.54, 1.807) is 13.4 Å². The summed E-state index contributed by atoms with van der Waals surface area (Å²) in [4.78, 5) is 11.6. The molecule has 0 saturated carbocycles. The monoisotopic (exact) mass is 461 g/mol. The van der Waals surface area contributed by atoms with Crippen LogP contribution >= 0.6 is 0 Å². The third kappa shape index (κ3) is 3.96. The molecular weight excluding hydrogens is 430 g/mol. The Bertz CT molecular complexity index is 1340. The maximum Gasteiger partial charge on any atom is 0.248 e. The number of fused-ring (bicyclic) bond motifs is 1. The summed E-state index contributed by atoms with van der Waals surface area (Å²) in [6.07, 6.45) is 7.50. The highest BCUT2D eigenvalue weighted by molar-refractivity contribution is 5.71. The Balaban J connectivity index is 1.47. The largest absolute Gasteiger partial charge is 0.496 e. The van der Waals surface area contributed by atoms with Crippen LogP contribution in [0.5, 0.6) is 5.75 Å². The van der Waals surface area contributed by atoms with Gasteiger partial charge in [-0.25, -0.2) is 9.50 Å². The summed E-state index contributed by atoms with van der Waals surface area (Å²) in [6.45, 7) is 8.68. The van der Waals surface area contributed by atoms with Gasteiger partial charge in [0.05, 0.1) is 30.6 Å². The fourth-order valence-electron chi connectivity index (χ4n) is 4.75. The van der Waals surface area contributed by atoms with E-state index in [1.807, 2.05) is 60.4 Å². The lowest BCUT2D eigenvalue weighted by atomic mass is 9.97. The summed E-state index contributed by atoms with van der Waals surface area (Å²) in [5, 5.41) is 18.6. The van der Waals surface area contributed by atoms with Crippen LogP contribution in [0.25, 0.3) is 11.2 Å². The molecule has 0 unspecified atom stereocenters. The first-order chi connectivity index (χ1) is 16.2. The topological polar surface area (TPSA) is 92.7 Å². The minimum Gasteiger partial charge on any atom is -0.496 e. The minimum absolute atomic E-state index is 0.00656. The van der Waals surface area contributed by atoms with Gasteiger partial charge in [0.2, 0.25) is 5.95 Å². The van der Waals surface area contributed by atoms with Crippen molar-refractivity contribution in [2.24, 2.45) is 0 Å². The zero-order chi connectivity index (χ0) is 24.0. The van der Waals surface area contributed by atoms with E-state index >= 15 is 0 Å². The van der Waals surface area contributed by atoms with Crippen molar-refractivity contribution in [1.29, 1.82) is 0 Å². The molecule has 9 heteroatoms. The number of nitrogens with one attached hydrogen (secondary N) is 1. The predicted molar refractivity (Wildman–Crippen MR) is 133 cm³/mol. The molecule has 1 aliphatic rings. The molecule has 3 aromatic heterocycles. The Morgan fingerprint density at radius 2 is 2.06 bits per heavy atom. The number of hydrogen-bond acceptors (Lipinski definition) is 7. The number of anilines is 3. The molecule has 34 heavy (non-hydrogen) atoms. The van der Waals surface area contributed by atoms with Crippen molar-refractivity contribution in [3.8, 4) is 11.4 Å². The van der Waals surface area contributed by atoms with Gasteiger partial charge in [-0.2, -0.15) is 4.98 Å². The van der Waals surface area contributed by atoms with Gasteiger partial charge in [-0.3, -0.25) is 0 Å². The van der Waals surface area contributed by atoms with Gasteiger partial charge in [-0.1, -0.05) is 0 Å². The molecule has 1 aliphatic heterocycles. The third-order valence-corrected chi connectivity index (χ3v) is 6.66. The summed E-state index contributed by atoms with van der Waals surface area (Å²) in [6, 6.07) is 8.05. The zero-order valence-electron chi connectivity index (χ0n) is 20.3. The molecule has 1 aromatic carbocycles.